The molecule has 0 aliphatic carbocycles. The molecule has 3 aromatic rings. The Morgan fingerprint density at radius 1 is 1.03 bits per heavy atom. The van der Waals surface area contributed by atoms with E-state index in [1.807, 2.05) is 54.6 Å². The third kappa shape index (κ3) is 5.87. The highest BCUT2D eigenvalue weighted by atomic mass is 32.2. The van der Waals surface area contributed by atoms with Gasteiger partial charge < -0.3 is 18.8 Å². The number of nitrogens with zero attached hydrogens (tertiary/aromatic N) is 3. The number of amides is 2. The van der Waals surface area contributed by atoms with Crippen molar-refractivity contribution in [1.29, 1.82) is 0 Å². The quantitative estimate of drug-likeness (QED) is 0.447. The normalized spacial score (nSPS) is 18.3. The lowest BCUT2D eigenvalue weighted by atomic mass is 10.2. The molecule has 2 aromatic carbocycles. The van der Waals surface area contributed by atoms with Crippen LogP contribution in [0, 0.1) is 0 Å². The lowest BCUT2D eigenvalue weighted by molar-refractivity contribution is -0.137. The summed E-state index contributed by atoms with van der Waals surface area (Å²) in [6.07, 6.45) is 3.42. The molecule has 0 radical (unpaired) electrons. The highest BCUT2D eigenvalue weighted by Crippen LogP contribution is 2.35. The van der Waals surface area contributed by atoms with Crippen LogP contribution in [-0.4, -0.2) is 59.7 Å². The molecule has 8 nitrogen and oxygen atoms in total. The fraction of sp³-hybridized carbons (Fsp3) is 0.222. The zero-order valence-corrected chi connectivity index (χ0v) is 20.4. The van der Waals surface area contributed by atoms with Crippen LogP contribution in [-0.2, 0) is 20.9 Å². The maximum absolute atomic E-state index is 13.3. The number of benzene rings is 2. The van der Waals surface area contributed by atoms with E-state index in [1.54, 1.807) is 34.3 Å². The second kappa shape index (κ2) is 11.3. The van der Waals surface area contributed by atoms with Gasteiger partial charge in [-0.3, -0.25) is 14.5 Å². The number of para-hydroxylation sites is 1. The summed E-state index contributed by atoms with van der Waals surface area (Å²) in [6, 6.07) is 20.5. The number of aliphatic imine (C=N–C) groups is 1. The molecule has 1 aromatic heterocycles. The number of furan rings is 1. The van der Waals surface area contributed by atoms with Crippen LogP contribution in [0.15, 0.2) is 87.3 Å². The van der Waals surface area contributed by atoms with Crippen molar-refractivity contribution >= 4 is 40.5 Å². The van der Waals surface area contributed by atoms with Gasteiger partial charge in [0.1, 0.15) is 11.5 Å². The van der Waals surface area contributed by atoms with Crippen LogP contribution in [0.4, 0.5) is 5.69 Å². The smallest absolute Gasteiger partial charge is 0.267 e. The number of hydrogen-bond donors (Lipinski definition) is 0. The summed E-state index contributed by atoms with van der Waals surface area (Å²) in [7, 11) is 0. The summed E-state index contributed by atoms with van der Waals surface area (Å²) in [5, 5.41) is 0.593. The summed E-state index contributed by atoms with van der Waals surface area (Å²) in [5.41, 5.74) is 1.61. The Labute approximate surface area is 213 Å². The molecular weight excluding hydrogens is 478 g/mol. The van der Waals surface area contributed by atoms with E-state index in [4.69, 9.17) is 18.9 Å². The van der Waals surface area contributed by atoms with E-state index in [2.05, 4.69) is 0 Å². The molecule has 2 aliphatic rings. The number of rotatable bonds is 7. The van der Waals surface area contributed by atoms with Gasteiger partial charge in [0, 0.05) is 13.1 Å². The molecule has 184 valence electrons. The van der Waals surface area contributed by atoms with Crippen molar-refractivity contribution in [2.45, 2.75) is 6.54 Å². The number of amidine groups is 1. The predicted octanol–water partition coefficient (Wildman–Crippen LogP) is 4.32. The number of morpholine rings is 1. The van der Waals surface area contributed by atoms with Gasteiger partial charge in [-0.2, -0.15) is 0 Å². The Kier molecular flexibility index (Phi) is 7.49. The Morgan fingerprint density at radius 2 is 1.81 bits per heavy atom. The number of carbonyl (C=O) groups excluding carboxylic acids is 2. The van der Waals surface area contributed by atoms with Crippen LogP contribution in [0.1, 0.15) is 11.3 Å². The summed E-state index contributed by atoms with van der Waals surface area (Å²) < 4.78 is 16.4. The zero-order valence-electron chi connectivity index (χ0n) is 19.5. The largest absolute Gasteiger partial charge is 0.484 e. The number of hydrogen-bond acceptors (Lipinski definition) is 7. The van der Waals surface area contributed by atoms with Crippen LogP contribution < -0.4 is 4.74 Å². The second-order valence-corrected chi connectivity index (χ2v) is 9.17. The van der Waals surface area contributed by atoms with Crippen molar-refractivity contribution in [3.05, 3.63) is 89.2 Å². The van der Waals surface area contributed by atoms with Gasteiger partial charge in [-0.15, -0.1) is 0 Å². The molecule has 2 aliphatic heterocycles. The van der Waals surface area contributed by atoms with Crippen molar-refractivity contribution in [3.63, 3.8) is 0 Å². The van der Waals surface area contributed by atoms with Gasteiger partial charge in [-0.1, -0.05) is 30.3 Å². The third-order valence-electron chi connectivity index (χ3n) is 5.67. The van der Waals surface area contributed by atoms with Crippen molar-refractivity contribution < 1.29 is 23.5 Å². The molecule has 3 heterocycles. The summed E-state index contributed by atoms with van der Waals surface area (Å²) in [6.45, 7) is 2.58. The van der Waals surface area contributed by atoms with Gasteiger partial charge in [-0.05, 0) is 59.8 Å². The van der Waals surface area contributed by atoms with Crippen LogP contribution in [0.25, 0.3) is 6.08 Å². The lowest BCUT2D eigenvalue weighted by Gasteiger charge is -2.26. The number of thioether (sulfide) groups is 1. The molecule has 5 rings (SSSR count). The predicted molar refractivity (Wildman–Crippen MR) is 138 cm³/mol. The fourth-order valence-electron chi connectivity index (χ4n) is 3.76. The second-order valence-electron chi connectivity index (χ2n) is 8.16. The maximum atomic E-state index is 13.3. The first-order valence-electron chi connectivity index (χ1n) is 11.6. The van der Waals surface area contributed by atoms with E-state index in [-0.39, 0.29) is 18.4 Å². The van der Waals surface area contributed by atoms with Gasteiger partial charge in [0.2, 0.25) is 0 Å². The Bertz CT molecular complexity index is 1250. The zero-order chi connectivity index (χ0) is 24.7. The topological polar surface area (TPSA) is 84.6 Å². The van der Waals surface area contributed by atoms with E-state index >= 15 is 0 Å². The van der Waals surface area contributed by atoms with Crippen molar-refractivity contribution in [3.8, 4) is 5.75 Å². The number of carbonyl (C=O) groups is 2. The van der Waals surface area contributed by atoms with E-state index in [0.717, 1.165) is 11.3 Å². The average Bonchev–Trinajstić information content (AvgIpc) is 3.53. The molecule has 36 heavy (non-hydrogen) atoms. The van der Waals surface area contributed by atoms with Gasteiger partial charge in [-0.25, -0.2) is 4.99 Å². The first-order chi connectivity index (χ1) is 17.7. The van der Waals surface area contributed by atoms with Crippen molar-refractivity contribution in [1.82, 2.24) is 9.80 Å². The molecule has 0 saturated carbocycles. The molecule has 0 bridgehead atoms. The van der Waals surface area contributed by atoms with Gasteiger partial charge >= 0.3 is 0 Å². The molecule has 2 amide bonds. The monoisotopic (exact) mass is 503 g/mol. The van der Waals surface area contributed by atoms with Gasteiger partial charge in [0.05, 0.1) is 36.6 Å². The molecule has 0 spiro atoms. The van der Waals surface area contributed by atoms with Gasteiger partial charge in [0.25, 0.3) is 11.8 Å². The SMILES string of the molecule is O=C(COc1ccc(/C=C2\SC(=Nc3ccccc3)N(Cc3ccco3)C2=O)cc1)N1CCOCC1. The van der Waals surface area contributed by atoms with E-state index in [1.165, 1.54) is 11.8 Å². The lowest BCUT2D eigenvalue weighted by Crippen LogP contribution is -2.42. The summed E-state index contributed by atoms with van der Waals surface area (Å²) >= 11 is 1.33. The third-order valence-corrected chi connectivity index (χ3v) is 6.67. The van der Waals surface area contributed by atoms with E-state index in [0.29, 0.717) is 54.4 Å². The summed E-state index contributed by atoms with van der Waals surface area (Å²) in [5.74, 6) is 1.08. The van der Waals surface area contributed by atoms with Crippen molar-refractivity contribution in [2.24, 2.45) is 4.99 Å². The molecular formula is C27H25N3O5S. The molecule has 2 fully saturated rings. The van der Waals surface area contributed by atoms with Crippen LogP contribution in [0.2, 0.25) is 0 Å². The molecule has 0 atom stereocenters. The number of ether oxygens (including phenoxy) is 2. The molecule has 9 heteroatoms. The highest BCUT2D eigenvalue weighted by Gasteiger charge is 2.34. The van der Waals surface area contributed by atoms with Crippen LogP contribution in [0.5, 0.6) is 5.75 Å². The molecule has 2 saturated heterocycles. The fourth-order valence-corrected chi connectivity index (χ4v) is 4.76. The van der Waals surface area contributed by atoms with Crippen LogP contribution >= 0.6 is 11.8 Å². The van der Waals surface area contributed by atoms with Crippen LogP contribution in [0.3, 0.4) is 0 Å². The Hall–Kier alpha value is -3.82. The van der Waals surface area contributed by atoms with E-state index in [9.17, 15) is 9.59 Å². The molecule has 0 N–H and O–H groups in total. The first kappa shape index (κ1) is 23.9. The standard InChI is InChI=1S/C27H25N3O5S/c31-25(29-12-15-33-16-13-29)19-35-22-10-8-20(9-11-22)17-24-26(32)30(18-23-7-4-14-34-23)27(36-24)28-21-5-2-1-3-6-21/h1-11,14,17H,12-13,15-16,18-19H2/b24-17-,28-27?. The minimum atomic E-state index is -0.137. The summed E-state index contributed by atoms with van der Waals surface area (Å²) in [4.78, 5) is 34.2. The van der Waals surface area contributed by atoms with Crippen molar-refractivity contribution in [2.75, 3.05) is 32.9 Å². The maximum Gasteiger partial charge on any atom is 0.267 e. The minimum Gasteiger partial charge on any atom is -0.484 e. The average molecular weight is 504 g/mol. The van der Waals surface area contributed by atoms with E-state index < -0.39 is 0 Å². The minimum absolute atomic E-state index is 0.0180. The molecule has 0 unspecified atom stereocenters. The highest BCUT2D eigenvalue weighted by molar-refractivity contribution is 8.18. The Balaban J connectivity index is 1.28. The van der Waals surface area contributed by atoms with Gasteiger partial charge in [0.15, 0.2) is 11.8 Å². The first-order valence-corrected chi connectivity index (χ1v) is 12.4. The Morgan fingerprint density at radius 3 is 2.53 bits per heavy atom.